The van der Waals surface area contributed by atoms with Crippen LogP contribution in [0.25, 0.3) is 0 Å². The standard InChI is InChI=1S/C17H26N6OS/c1-5-18-17(19-9-16-12(2)21-13(3)25-16)23-6-7-24-15(11-23)14-8-20-22(4)10-14/h8,10,15H,5-7,9,11H2,1-4H3,(H,18,19). The SMILES string of the molecule is CCNC(=NCc1sc(C)nc1C)N1CCOC(c2cnn(C)c2)C1. The first kappa shape index (κ1) is 17.9. The summed E-state index contributed by atoms with van der Waals surface area (Å²) >= 11 is 1.72. The Morgan fingerprint density at radius 3 is 2.96 bits per heavy atom. The summed E-state index contributed by atoms with van der Waals surface area (Å²) in [6, 6.07) is 0. The molecule has 0 aromatic carbocycles. The van der Waals surface area contributed by atoms with Crippen molar-refractivity contribution in [1.29, 1.82) is 0 Å². The number of rotatable bonds is 4. The third-order valence-corrected chi connectivity index (χ3v) is 5.23. The van der Waals surface area contributed by atoms with Crippen LogP contribution in [0.1, 0.15) is 34.2 Å². The van der Waals surface area contributed by atoms with Gasteiger partial charge < -0.3 is 15.0 Å². The van der Waals surface area contributed by atoms with E-state index in [2.05, 4.69) is 34.1 Å². The van der Waals surface area contributed by atoms with Crippen molar-refractivity contribution in [2.45, 2.75) is 33.4 Å². The molecule has 3 rings (SSSR count). The molecule has 1 N–H and O–H groups in total. The number of aliphatic imine (C=N–C) groups is 1. The summed E-state index contributed by atoms with van der Waals surface area (Å²) in [7, 11) is 1.93. The normalized spacial score (nSPS) is 18.6. The van der Waals surface area contributed by atoms with Gasteiger partial charge in [0.2, 0.25) is 0 Å². The molecular weight excluding hydrogens is 336 g/mol. The van der Waals surface area contributed by atoms with Gasteiger partial charge in [0.25, 0.3) is 0 Å². The Labute approximate surface area is 152 Å². The third kappa shape index (κ3) is 4.38. The smallest absolute Gasteiger partial charge is 0.194 e. The average molecular weight is 363 g/mol. The second-order valence-corrected chi connectivity index (χ2v) is 7.45. The van der Waals surface area contributed by atoms with Gasteiger partial charge in [-0.3, -0.25) is 4.68 Å². The molecule has 0 amide bonds. The molecule has 1 atom stereocenters. The van der Waals surface area contributed by atoms with Crippen LogP contribution in [-0.4, -0.2) is 51.9 Å². The fraction of sp³-hybridized carbons (Fsp3) is 0.588. The van der Waals surface area contributed by atoms with Crippen LogP contribution in [0.4, 0.5) is 0 Å². The van der Waals surface area contributed by atoms with Crippen molar-refractivity contribution in [3.05, 3.63) is 33.5 Å². The summed E-state index contributed by atoms with van der Waals surface area (Å²) < 4.78 is 7.75. The summed E-state index contributed by atoms with van der Waals surface area (Å²) in [5.74, 6) is 0.935. The predicted molar refractivity (Wildman–Crippen MR) is 99.9 cm³/mol. The maximum Gasteiger partial charge on any atom is 0.194 e. The van der Waals surface area contributed by atoms with Gasteiger partial charge in [-0.1, -0.05) is 0 Å². The Balaban J connectivity index is 1.72. The van der Waals surface area contributed by atoms with Gasteiger partial charge in [0.1, 0.15) is 6.10 Å². The lowest BCUT2D eigenvalue weighted by molar-refractivity contribution is -0.00805. The number of hydrogen-bond acceptors (Lipinski definition) is 5. The number of nitrogens with one attached hydrogen (secondary N) is 1. The van der Waals surface area contributed by atoms with E-state index in [-0.39, 0.29) is 6.10 Å². The van der Waals surface area contributed by atoms with Crippen molar-refractivity contribution in [2.24, 2.45) is 12.0 Å². The van der Waals surface area contributed by atoms with E-state index >= 15 is 0 Å². The Kier molecular flexibility index (Phi) is 5.70. The van der Waals surface area contributed by atoms with Crippen LogP contribution >= 0.6 is 11.3 Å². The maximum atomic E-state index is 5.94. The van der Waals surface area contributed by atoms with Crippen molar-refractivity contribution in [1.82, 2.24) is 25.0 Å². The lowest BCUT2D eigenvalue weighted by atomic mass is 10.1. The molecule has 0 saturated carbocycles. The molecule has 1 aliphatic rings. The third-order valence-electron chi connectivity index (χ3n) is 4.17. The number of aromatic nitrogens is 3. The number of morpholine rings is 1. The molecule has 0 aliphatic carbocycles. The molecule has 8 heteroatoms. The van der Waals surface area contributed by atoms with E-state index in [4.69, 9.17) is 9.73 Å². The van der Waals surface area contributed by atoms with Gasteiger partial charge >= 0.3 is 0 Å². The molecule has 0 bridgehead atoms. The highest BCUT2D eigenvalue weighted by atomic mass is 32.1. The second kappa shape index (κ2) is 7.97. The fourth-order valence-corrected chi connectivity index (χ4v) is 3.80. The Morgan fingerprint density at radius 2 is 2.32 bits per heavy atom. The Morgan fingerprint density at radius 1 is 1.48 bits per heavy atom. The average Bonchev–Trinajstić information content (AvgIpc) is 3.17. The van der Waals surface area contributed by atoms with Gasteiger partial charge in [-0.2, -0.15) is 5.10 Å². The first-order valence-electron chi connectivity index (χ1n) is 8.63. The van der Waals surface area contributed by atoms with Gasteiger partial charge in [0.15, 0.2) is 5.96 Å². The van der Waals surface area contributed by atoms with Crippen LogP contribution in [0.5, 0.6) is 0 Å². The van der Waals surface area contributed by atoms with Crippen molar-refractivity contribution >= 4 is 17.3 Å². The van der Waals surface area contributed by atoms with Gasteiger partial charge in [-0.25, -0.2) is 9.98 Å². The number of nitrogens with zero attached hydrogens (tertiary/aromatic N) is 5. The number of aryl methyl sites for hydroxylation is 3. The molecule has 1 unspecified atom stereocenters. The highest BCUT2D eigenvalue weighted by Gasteiger charge is 2.25. The molecule has 2 aromatic rings. The molecule has 0 radical (unpaired) electrons. The van der Waals surface area contributed by atoms with E-state index < -0.39 is 0 Å². The van der Waals surface area contributed by atoms with Crippen molar-refractivity contribution in [2.75, 3.05) is 26.2 Å². The molecule has 0 spiro atoms. The first-order valence-corrected chi connectivity index (χ1v) is 9.44. The van der Waals surface area contributed by atoms with Crippen LogP contribution in [0, 0.1) is 13.8 Å². The Hall–Kier alpha value is -1.93. The highest BCUT2D eigenvalue weighted by Crippen LogP contribution is 2.22. The summed E-state index contributed by atoms with van der Waals surface area (Å²) in [5, 5.41) is 8.76. The molecule has 1 fully saturated rings. The van der Waals surface area contributed by atoms with Crippen LogP contribution in [-0.2, 0) is 18.3 Å². The minimum Gasteiger partial charge on any atom is -0.370 e. The van der Waals surface area contributed by atoms with E-state index in [1.165, 1.54) is 4.88 Å². The van der Waals surface area contributed by atoms with Gasteiger partial charge in [-0.15, -0.1) is 11.3 Å². The molecule has 7 nitrogen and oxygen atoms in total. The molecule has 1 aliphatic heterocycles. The molecule has 2 aromatic heterocycles. The van der Waals surface area contributed by atoms with Gasteiger partial charge in [-0.05, 0) is 20.8 Å². The molecule has 136 valence electrons. The Bertz CT molecular complexity index is 737. The molecule has 3 heterocycles. The van der Waals surface area contributed by atoms with Crippen molar-refractivity contribution in [3.63, 3.8) is 0 Å². The minimum absolute atomic E-state index is 0.0266. The highest BCUT2D eigenvalue weighted by molar-refractivity contribution is 7.11. The molecule has 25 heavy (non-hydrogen) atoms. The second-order valence-electron chi connectivity index (χ2n) is 6.16. The van der Waals surface area contributed by atoms with Crippen molar-refractivity contribution in [3.8, 4) is 0 Å². The topological polar surface area (TPSA) is 67.6 Å². The monoisotopic (exact) mass is 362 g/mol. The van der Waals surface area contributed by atoms with E-state index in [1.807, 2.05) is 31.0 Å². The lowest BCUT2D eigenvalue weighted by Gasteiger charge is -2.34. The summed E-state index contributed by atoms with van der Waals surface area (Å²) in [6.45, 7) is 9.98. The zero-order valence-electron chi connectivity index (χ0n) is 15.3. The number of ether oxygens (including phenoxy) is 1. The predicted octanol–water partition coefficient (Wildman–Crippen LogP) is 2.03. The number of guanidine groups is 1. The quantitative estimate of drug-likeness (QED) is 0.666. The van der Waals surface area contributed by atoms with E-state index in [1.54, 1.807) is 11.3 Å². The van der Waals surface area contributed by atoms with E-state index in [0.717, 1.165) is 41.9 Å². The zero-order chi connectivity index (χ0) is 17.8. The maximum absolute atomic E-state index is 5.94. The van der Waals surface area contributed by atoms with E-state index in [9.17, 15) is 0 Å². The van der Waals surface area contributed by atoms with E-state index in [0.29, 0.717) is 13.2 Å². The number of hydrogen-bond donors (Lipinski definition) is 1. The van der Waals surface area contributed by atoms with Crippen LogP contribution in [0.3, 0.4) is 0 Å². The number of thiazole rings is 1. The summed E-state index contributed by atoms with van der Waals surface area (Å²) in [6.07, 6.45) is 3.92. The van der Waals surface area contributed by atoms with Crippen LogP contribution in [0.15, 0.2) is 17.4 Å². The summed E-state index contributed by atoms with van der Waals surface area (Å²) in [5.41, 5.74) is 2.19. The van der Waals surface area contributed by atoms with Crippen LogP contribution in [0.2, 0.25) is 0 Å². The molecular formula is C17H26N6OS. The minimum atomic E-state index is 0.0266. The van der Waals surface area contributed by atoms with Gasteiger partial charge in [0, 0.05) is 36.8 Å². The zero-order valence-corrected chi connectivity index (χ0v) is 16.1. The van der Waals surface area contributed by atoms with Crippen LogP contribution < -0.4 is 5.32 Å². The van der Waals surface area contributed by atoms with Crippen molar-refractivity contribution < 1.29 is 4.74 Å². The lowest BCUT2D eigenvalue weighted by Crippen LogP contribution is -2.48. The van der Waals surface area contributed by atoms with Gasteiger partial charge in [0.05, 0.1) is 36.6 Å². The fourth-order valence-electron chi connectivity index (χ4n) is 2.94. The summed E-state index contributed by atoms with van der Waals surface area (Å²) in [4.78, 5) is 12.8. The molecule has 1 saturated heterocycles. The largest absolute Gasteiger partial charge is 0.370 e. The first-order chi connectivity index (χ1) is 12.1.